The van der Waals surface area contributed by atoms with Crippen molar-refractivity contribution in [1.82, 2.24) is 10.2 Å². The van der Waals surface area contributed by atoms with Gasteiger partial charge in [-0.15, -0.1) is 0 Å². The van der Waals surface area contributed by atoms with E-state index in [0.29, 0.717) is 23.6 Å². The molecule has 10 heteroatoms. The molecule has 2 amide bonds. The van der Waals surface area contributed by atoms with Crippen molar-refractivity contribution < 1.29 is 22.7 Å². The van der Waals surface area contributed by atoms with Crippen LogP contribution >= 0.6 is 11.6 Å². The number of nitrogens with one attached hydrogen (secondary N) is 1. The Bertz CT molecular complexity index is 1700. The van der Waals surface area contributed by atoms with Gasteiger partial charge in [0.1, 0.15) is 18.3 Å². The van der Waals surface area contributed by atoms with Crippen molar-refractivity contribution in [1.29, 1.82) is 0 Å². The average molecular weight is 648 g/mol. The number of para-hydroxylation sites is 2. The summed E-state index contributed by atoms with van der Waals surface area (Å²) in [5.41, 5.74) is 2.56. The Morgan fingerprint density at radius 1 is 0.889 bits per heavy atom. The third-order valence-corrected chi connectivity index (χ3v) is 9.50. The lowest BCUT2D eigenvalue weighted by molar-refractivity contribution is -0.140. The number of benzene rings is 4. The maximum absolute atomic E-state index is 14.5. The number of hydrogen-bond donors (Lipinski definition) is 1. The lowest BCUT2D eigenvalue weighted by Gasteiger charge is -2.34. The molecule has 0 aliphatic rings. The van der Waals surface area contributed by atoms with Gasteiger partial charge in [0, 0.05) is 24.5 Å². The molecule has 0 radical (unpaired) electrons. The molecular weight excluding hydrogens is 610 g/mol. The van der Waals surface area contributed by atoms with Crippen molar-refractivity contribution in [3.63, 3.8) is 0 Å². The molecule has 4 aromatic carbocycles. The highest BCUT2D eigenvalue weighted by Crippen LogP contribution is 2.33. The average Bonchev–Trinajstić information content (AvgIpc) is 3.05. The van der Waals surface area contributed by atoms with E-state index >= 15 is 0 Å². The SMILES string of the molecule is CCCNC(=O)[C@H](Cc1ccccc1)N(Cc1ccccc1Cl)C(=O)CN(c1ccccc1OC)S(=O)(=O)c1ccc(C)cc1. The number of nitrogens with zero attached hydrogens (tertiary/aromatic N) is 2. The molecular formula is C35H38ClN3O5S. The van der Waals surface area contributed by atoms with E-state index in [1.54, 1.807) is 60.7 Å². The quantitative estimate of drug-likeness (QED) is 0.181. The number of carbonyl (C=O) groups excluding carboxylic acids is 2. The Morgan fingerprint density at radius 3 is 2.20 bits per heavy atom. The lowest BCUT2D eigenvalue weighted by atomic mass is 10.0. The van der Waals surface area contributed by atoms with Crippen LogP contribution in [0.1, 0.15) is 30.0 Å². The second-order valence-corrected chi connectivity index (χ2v) is 12.9. The third kappa shape index (κ3) is 8.44. The number of ether oxygens (including phenoxy) is 1. The van der Waals surface area contributed by atoms with Crippen LogP contribution in [0.25, 0.3) is 0 Å². The van der Waals surface area contributed by atoms with E-state index in [9.17, 15) is 18.0 Å². The van der Waals surface area contributed by atoms with Crippen molar-refractivity contribution in [3.8, 4) is 5.75 Å². The molecule has 0 fully saturated rings. The minimum atomic E-state index is -4.25. The molecule has 4 rings (SSSR count). The number of sulfonamides is 1. The second-order valence-electron chi connectivity index (χ2n) is 10.6. The predicted octanol–water partition coefficient (Wildman–Crippen LogP) is 6.02. The summed E-state index contributed by atoms with van der Waals surface area (Å²) in [6.07, 6.45) is 0.921. The summed E-state index contributed by atoms with van der Waals surface area (Å²) in [5, 5.41) is 3.36. The summed E-state index contributed by atoms with van der Waals surface area (Å²) in [4.78, 5) is 29.7. The van der Waals surface area contributed by atoms with Crippen LogP contribution in [0.2, 0.25) is 5.02 Å². The molecule has 236 valence electrons. The lowest BCUT2D eigenvalue weighted by Crippen LogP contribution is -2.53. The van der Waals surface area contributed by atoms with E-state index < -0.39 is 28.5 Å². The number of anilines is 1. The van der Waals surface area contributed by atoms with Gasteiger partial charge in [-0.05, 0) is 54.8 Å². The minimum absolute atomic E-state index is 0.0140. The highest BCUT2D eigenvalue weighted by atomic mass is 35.5. The highest BCUT2D eigenvalue weighted by molar-refractivity contribution is 7.92. The number of rotatable bonds is 14. The Hall–Kier alpha value is -4.34. The zero-order valence-electron chi connectivity index (χ0n) is 25.6. The Labute approximate surface area is 270 Å². The van der Waals surface area contributed by atoms with Crippen molar-refractivity contribution >= 4 is 39.1 Å². The van der Waals surface area contributed by atoms with Gasteiger partial charge >= 0.3 is 0 Å². The van der Waals surface area contributed by atoms with Crippen LogP contribution in [0.3, 0.4) is 0 Å². The molecule has 45 heavy (non-hydrogen) atoms. The van der Waals surface area contributed by atoms with Gasteiger partial charge in [0.05, 0.1) is 17.7 Å². The van der Waals surface area contributed by atoms with Gasteiger partial charge in [-0.25, -0.2) is 8.42 Å². The van der Waals surface area contributed by atoms with Gasteiger partial charge in [-0.1, -0.05) is 96.9 Å². The first-order valence-corrected chi connectivity index (χ1v) is 16.5. The predicted molar refractivity (Wildman–Crippen MR) is 178 cm³/mol. The number of carbonyl (C=O) groups is 2. The number of methoxy groups -OCH3 is 1. The molecule has 0 spiro atoms. The van der Waals surface area contributed by atoms with Crippen LogP contribution < -0.4 is 14.4 Å². The molecule has 0 aliphatic carbocycles. The van der Waals surface area contributed by atoms with Gasteiger partial charge in [0.2, 0.25) is 11.8 Å². The smallest absolute Gasteiger partial charge is 0.264 e. The van der Waals surface area contributed by atoms with Gasteiger partial charge < -0.3 is 15.0 Å². The van der Waals surface area contributed by atoms with Crippen molar-refractivity contribution in [3.05, 3.63) is 125 Å². The fourth-order valence-corrected chi connectivity index (χ4v) is 6.54. The minimum Gasteiger partial charge on any atom is -0.495 e. The Balaban J connectivity index is 1.83. The number of aryl methyl sites for hydroxylation is 1. The molecule has 1 N–H and O–H groups in total. The van der Waals surface area contributed by atoms with E-state index in [1.807, 2.05) is 44.2 Å². The summed E-state index contributed by atoms with van der Waals surface area (Å²) in [6.45, 7) is 3.63. The van der Waals surface area contributed by atoms with Crippen LogP contribution in [0.4, 0.5) is 5.69 Å². The van der Waals surface area contributed by atoms with E-state index in [2.05, 4.69) is 5.32 Å². The van der Waals surface area contributed by atoms with E-state index in [4.69, 9.17) is 16.3 Å². The normalized spacial score (nSPS) is 11.8. The fraction of sp³-hybridized carbons (Fsp3) is 0.257. The van der Waals surface area contributed by atoms with Crippen LogP contribution in [-0.2, 0) is 32.6 Å². The summed E-state index contributed by atoms with van der Waals surface area (Å²) in [5.74, 6) is -0.643. The molecule has 1 atom stereocenters. The number of halogens is 1. The van der Waals surface area contributed by atoms with Gasteiger partial charge in [-0.3, -0.25) is 13.9 Å². The summed E-state index contributed by atoms with van der Waals surface area (Å²) < 4.78 is 35.0. The number of amides is 2. The fourth-order valence-electron chi connectivity index (χ4n) is 4.92. The topological polar surface area (TPSA) is 96.0 Å². The van der Waals surface area contributed by atoms with Crippen LogP contribution in [0, 0.1) is 6.92 Å². The standard InChI is InChI=1S/C35H38ClN3O5S/c1-4-22-37-35(41)32(23-27-12-6-5-7-13-27)38(24-28-14-8-9-15-30(28)36)34(40)25-39(31-16-10-11-17-33(31)44-3)45(42,43)29-20-18-26(2)19-21-29/h5-21,32H,4,22-25H2,1-3H3,(H,37,41)/t32-/m0/s1. The zero-order chi connectivity index (χ0) is 32.4. The molecule has 0 unspecified atom stereocenters. The monoisotopic (exact) mass is 647 g/mol. The molecule has 0 saturated carbocycles. The van der Waals surface area contributed by atoms with Crippen LogP contribution in [-0.4, -0.2) is 51.4 Å². The van der Waals surface area contributed by atoms with Crippen molar-refractivity contribution in [2.45, 2.75) is 44.2 Å². The van der Waals surface area contributed by atoms with Gasteiger partial charge in [0.25, 0.3) is 10.0 Å². The third-order valence-electron chi connectivity index (χ3n) is 7.36. The molecule has 8 nitrogen and oxygen atoms in total. The largest absolute Gasteiger partial charge is 0.495 e. The highest BCUT2D eigenvalue weighted by Gasteiger charge is 2.35. The molecule has 4 aromatic rings. The maximum Gasteiger partial charge on any atom is 0.264 e. The second kappa shape index (κ2) is 15.6. The molecule has 0 heterocycles. The van der Waals surface area contributed by atoms with E-state index in [1.165, 1.54) is 24.1 Å². The van der Waals surface area contributed by atoms with Crippen LogP contribution in [0.15, 0.2) is 108 Å². The first-order chi connectivity index (χ1) is 21.6. The summed E-state index contributed by atoms with van der Waals surface area (Å²) >= 11 is 6.55. The van der Waals surface area contributed by atoms with Crippen LogP contribution in [0.5, 0.6) is 5.75 Å². The number of hydrogen-bond acceptors (Lipinski definition) is 5. The molecule has 0 saturated heterocycles. The van der Waals surface area contributed by atoms with E-state index in [0.717, 1.165) is 15.4 Å². The van der Waals surface area contributed by atoms with Gasteiger partial charge in [0.15, 0.2) is 0 Å². The molecule has 0 bridgehead atoms. The Kier molecular flexibility index (Phi) is 11.6. The van der Waals surface area contributed by atoms with Gasteiger partial charge in [-0.2, -0.15) is 0 Å². The summed E-state index contributed by atoms with van der Waals surface area (Å²) in [6, 6.07) is 28.6. The Morgan fingerprint density at radius 2 is 1.53 bits per heavy atom. The van der Waals surface area contributed by atoms with Crippen molar-refractivity contribution in [2.24, 2.45) is 0 Å². The summed E-state index contributed by atoms with van der Waals surface area (Å²) in [7, 11) is -2.81. The first kappa shape index (κ1) is 33.6. The molecule has 0 aliphatic heterocycles. The van der Waals surface area contributed by atoms with E-state index in [-0.39, 0.29) is 35.2 Å². The maximum atomic E-state index is 14.5. The molecule has 0 aromatic heterocycles. The zero-order valence-corrected chi connectivity index (χ0v) is 27.2. The van der Waals surface area contributed by atoms with Crippen molar-refractivity contribution in [2.75, 3.05) is 24.5 Å². The first-order valence-electron chi connectivity index (χ1n) is 14.7.